The van der Waals surface area contributed by atoms with Crippen LogP contribution in [-0.4, -0.2) is 79.6 Å². The van der Waals surface area contributed by atoms with Crippen molar-refractivity contribution in [1.29, 1.82) is 0 Å². The molecule has 24 heavy (non-hydrogen) atoms. The lowest BCUT2D eigenvalue weighted by atomic mass is 10.1. The molecule has 1 saturated heterocycles. The van der Waals surface area contributed by atoms with E-state index in [1.165, 1.54) is 4.90 Å². The number of amides is 2. The van der Waals surface area contributed by atoms with Crippen LogP contribution in [0, 0.1) is 5.92 Å². The standard InChI is InChI=1S/C18H27N3O2S/c1-19(2)9-10-21-14-15(13-17(21)22)18(23)20(3)11-12-24-16-7-5-4-6-8-16/h4-8,15H,9-14H2,1-3H3/t15-/m1/s1. The molecular weight excluding hydrogens is 322 g/mol. The van der Waals surface area contributed by atoms with E-state index in [4.69, 9.17) is 0 Å². The van der Waals surface area contributed by atoms with Crippen molar-refractivity contribution in [3.05, 3.63) is 30.3 Å². The zero-order chi connectivity index (χ0) is 17.5. The number of hydrogen-bond donors (Lipinski definition) is 0. The van der Waals surface area contributed by atoms with Crippen LogP contribution in [0.3, 0.4) is 0 Å². The van der Waals surface area contributed by atoms with Crippen LogP contribution in [0.4, 0.5) is 0 Å². The molecule has 1 heterocycles. The number of thioether (sulfide) groups is 1. The number of nitrogens with zero attached hydrogens (tertiary/aromatic N) is 3. The van der Waals surface area contributed by atoms with Crippen molar-refractivity contribution in [3.8, 4) is 0 Å². The lowest BCUT2D eigenvalue weighted by molar-refractivity contribution is -0.134. The summed E-state index contributed by atoms with van der Waals surface area (Å²) in [6, 6.07) is 10.2. The zero-order valence-electron chi connectivity index (χ0n) is 14.8. The predicted octanol–water partition coefficient (Wildman–Crippen LogP) is 1.65. The average molecular weight is 350 g/mol. The van der Waals surface area contributed by atoms with Crippen LogP contribution in [-0.2, 0) is 9.59 Å². The Morgan fingerprint density at radius 3 is 2.58 bits per heavy atom. The van der Waals surface area contributed by atoms with Gasteiger partial charge in [0, 0.05) is 50.3 Å². The highest BCUT2D eigenvalue weighted by molar-refractivity contribution is 7.99. The van der Waals surface area contributed by atoms with Gasteiger partial charge in [-0.2, -0.15) is 0 Å². The highest BCUT2D eigenvalue weighted by Crippen LogP contribution is 2.21. The van der Waals surface area contributed by atoms with Gasteiger partial charge in [0.25, 0.3) is 0 Å². The molecule has 6 heteroatoms. The molecule has 1 aliphatic heterocycles. The molecule has 1 atom stereocenters. The second kappa shape index (κ2) is 9.08. The Morgan fingerprint density at radius 1 is 1.21 bits per heavy atom. The van der Waals surface area contributed by atoms with Crippen molar-refractivity contribution in [1.82, 2.24) is 14.7 Å². The molecule has 2 rings (SSSR count). The number of rotatable bonds is 8. The number of carbonyl (C=O) groups is 2. The van der Waals surface area contributed by atoms with Gasteiger partial charge in [-0.15, -0.1) is 11.8 Å². The van der Waals surface area contributed by atoms with Crippen molar-refractivity contribution in [3.63, 3.8) is 0 Å². The highest BCUT2D eigenvalue weighted by atomic mass is 32.2. The molecule has 0 bridgehead atoms. The van der Waals surface area contributed by atoms with E-state index in [9.17, 15) is 9.59 Å². The summed E-state index contributed by atoms with van der Waals surface area (Å²) in [5.74, 6) is 0.857. The third-order valence-electron chi connectivity index (χ3n) is 4.20. The normalized spacial score (nSPS) is 17.6. The van der Waals surface area contributed by atoms with Crippen LogP contribution in [0.5, 0.6) is 0 Å². The Bertz CT molecular complexity index is 550. The second-order valence-corrected chi connectivity index (χ2v) is 7.63. The third kappa shape index (κ3) is 5.53. The van der Waals surface area contributed by atoms with E-state index < -0.39 is 0 Å². The Morgan fingerprint density at radius 2 is 1.92 bits per heavy atom. The number of likely N-dealkylation sites (N-methyl/N-ethyl adjacent to an activating group) is 1. The SMILES string of the molecule is CN(C)CCN1C[C@H](C(=O)N(C)CCSc2ccccc2)CC1=O. The fraction of sp³-hybridized carbons (Fsp3) is 0.556. The minimum Gasteiger partial charge on any atom is -0.345 e. The maximum absolute atomic E-state index is 12.5. The Labute approximate surface area is 149 Å². The summed E-state index contributed by atoms with van der Waals surface area (Å²) in [6.45, 7) is 2.78. The summed E-state index contributed by atoms with van der Waals surface area (Å²) in [5.41, 5.74) is 0. The van der Waals surface area contributed by atoms with Crippen LogP contribution in [0.2, 0.25) is 0 Å². The van der Waals surface area contributed by atoms with Crippen LogP contribution < -0.4 is 0 Å². The molecule has 2 amide bonds. The van der Waals surface area contributed by atoms with Gasteiger partial charge in [0.2, 0.25) is 11.8 Å². The van der Waals surface area contributed by atoms with Gasteiger partial charge in [-0.05, 0) is 26.2 Å². The monoisotopic (exact) mass is 349 g/mol. The molecule has 0 N–H and O–H groups in total. The van der Waals surface area contributed by atoms with E-state index in [1.54, 1.807) is 16.7 Å². The minimum absolute atomic E-state index is 0.0874. The van der Waals surface area contributed by atoms with Crippen LogP contribution in [0.25, 0.3) is 0 Å². The molecule has 0 aromatic heterocycles. The summed E-state index contributed by atoms with van der Waals surface area (Å²) in [4.78, 5) is 31.4. The second-order valence-electron chi connectivity index (χ2n) is 6.47. The summed E-state index contributed by atoms with van der Waals surface area (Å²) >= 11 is 1.74. The van der Waals surface area contributed by atoms with E-state index >= 15 is 0 Å². The van der Waals surface area contributed by atoms with Gasteiger partial charge < -0.3 is 14.7 Å². The van der Waals surface area contributed by atoms with Gasteiger partial charge in [-0.25, -0.2) is 0 Å². The first-order chi connectivity index (χ1) is 11.5. The molecule has 0 saturated carbocycles. The van der Waals surface area contributed by atoms with Gasteiger partial charge in [0.05, 0.1) is 5.92 Å². The van der Waals surface area contributed by atoms with E-state index in [0.29, 0.717) is 26.1 Å². The maximum atomic E-state index is 12.5. The lowest BCUT2D eigenvalue weighted by Gasteiger charge is -2.22. The van der Waals surface area contributed by atoms with E-state index in [0.717, 1.165) is 12.3 Å². The van der Waals surface area contributed by atoms with Gasteiger partial charge in [0.1, 0.15) is 0 Å². The molecule has 5 nitrogen and oxygen atoms in total. The number of carbonyl (C=O) groups excluding carboxylic acids is 2. The molecule has 0 aliphatic carbocycles. The van der Waals surface area contributed by atoms with Crippen molar-refractivity contribution < 1.29 is 9.59 Å². The van der Waals surface area contributed by atoms with Gasteiger partial charge in [-0.3, -0.25) is 9.59 Å². The number of hydrogen-bond acceptors (Lipinski definition) is 4. The Hall–Kier alpha value is -1.53. The fourth-order valence-corrected chi connectivity index (χ4v) is 3.66. The van der Waals surface area contributed by atoms with Crippen LogP contribution >= 0.6 is 11.8 Å². The highest BCUT2D eigenvalue weighted by Gasteiger charge is 2.35. The van der Waals surface area contributed by atoms with Gasteiger partial charge in [-0.1, -0.05) is 18.2 Å². The van der Waals surface area contributed by atoms with Crippen molar-refractivity contribution >= 4 is 23.6 Å². The average Bonchev–Trinajstić information content (AvgIpc) is 2.94. The zero-order valence-corrected chi connectivity index (χ0v) is 15.6. The molecule has 0 radical (unpaired) electrons. The summed E-state index contributed by atoms with van der Waals surface area (Å²) in [6.07, 6.45) is 0.350. The Balaban J connectivity index is 1.75. The predicted molar refractivity (Wildman–Crippen MR) is 98.0 cm³/mol. The molecule has 1 aromatic rings. The van der Waals surface area contributed by atoms with Gasteiger partial charge in [0.15, 0.2) is 0 Å². The largest absolute Gasteiger partial charge is 0.345 e. The first-order valence-electron chi connectivity index (χ1n) is 8.32. The molecule has 1 fully saturated rings. The van der Waals surface area contributed by atoms with E-state index in [2.05, 4.69) is 17.0 Å². The van der Waals surface area contributed by atoms with Crippen molar-refractivity contribution in [2.45, 2.75) is 11.3 Å². The van der Waals surface area contributed by atoms with Crippen LogP contribution in [0.15, 0.2) is 35.2 Å². The lowest BCUT2D eigenvalue weighted by Crippen LogP contribution is -2.37. The smallest absolute Gasteiger partial charge is 0.227 e. The van der Waals surface area contributed by atoms with E-state index in [1.807, 2.05) is 44.2 Å². The molecule has 0 spiro atoms. The number of benzene rings is 1. The molecular formula is C18H27N3O2S. The number of likely N-dealkylation sites (tertiary alicyclic amines) is 1. The Kier molecular flexibility index (Phi) is 7.12. The third-order valence-corrected chi connectivity index (χ3v) is 5.19. The van der Waals surface area contributed by atoms with Crippen molar-refractivity contribution in [2.24, 2.45) is 5.92 Å². The molecule has 1 aromatic carbocycles. The maximum Gasteiger partial charge on any atom is 0.227 e. The molecule has 1 aliphatic rings. The first kappa shape index (κ1) is 18.8. The van der Waals surface area contributed by atoms with Gasteiger partial charge >= 0.3 is 0 Å². The van der Waals surface area contributed by atoms with E-state index in [-0.39, 0.29) is 17.7 Å². The fourth-order valence-electron chi connectivity index (χ4n) is 2.71. The van der Waals surface area contributed by atoms with Crippen molar-refractivity contribution in [2.75, 3.05) is 53.1 Å². The first-order valence-corrected chi connectivity index (χ1v) is 9.31. The quantitative estimate of drug-likeness (QED) is 0.670. The summed E-state index contributed by atoms with van der Waals surface area (Å²) in [5, 5.41) is 0. The van der Waals surface area contributed by atoms with Crippen LogP contribution in [0.1, 0.15) is 6.42 Å². The topological polar surface area (TPSA) is 43.9 Å². The summed E-state index contributed by atoms with van der Waals surface area (Å²) < 4.78 is 0. The minimum atomic E-state index is -0.189. The summed E-state index contributed by atoms with van der Waals surface area (Å²) in [7, 11) is 5.81. The molecule has 132 valence electrons. The molecule has 0 unspecified atom stereocenters.